The number of rotatable bonds is 7. The molecule has 0 aliphatic heterocycles. The van der Waals surface area contributed by atoms with Crippen molar-refractivity contribution in [2.45, 2.75) is 26.3 Å². The van der Waals surface area contributed by atoms with Gasteiger partial charge in [-0.25, -0.2) is 13.1 Å². The van der Waals surface area contributed by atoms with E-state index < -0.39 is 10.0 Å². The fraction of sp³-hybridized carbons (Fsp3) is 0.429. The third kappa shape index (κ3) is 6.52. The SMILES string of the molecule is CC(C)CC(CN)NS(=O)(=O)/C=C/c1ccccc1. The molecule has 0 spiro atoms. The zero-order chi connectivity index (χ0) is 14.3. The Morgan fingerprint density at radius 2 is 1.89 bits per heavy atom. The van der Waals surface area contributed by atoms with Crippen LogP contribution in [0.15, 0.2) is 35.7 Å². The summed E-state index contributed by atoms with van der Waals surface area (Å²) in [7, 11) is -3.45. The van der Waals surface area contributed by atoms with Crippen molar-refractivity contribution < 1.29 is 8.42 Å². The van der Waals surface area contributed by atoms with E-state index in [1.807, 2.05) is 44.2 Å². The van der Waals surface area contributed by atoms with E-state index in [2.05, 4.69) is 4.72 Å². The average molecular weight is 282 g/mol. The third-order valence-electron chi connectivity index (χ3n) is 2.61. The predicted octanol–water partition coefficient (Wildman–Crippen LogP) is 1.95. The topological polar surface area (TPSA) is 72.2 Å². The van der Waals surface area contributed by atoms with Crippen LogP contribution in [0.5, 0.6) is 0 Å². The lowest BCUT2D eigenvalue weighted by atomic mass is 10.1. The Morgan fingerprint density at radius 3 is 2.42 bits per heavy atom. The lowest BCUT2D eigenvalue weighted by Gasteiger charge is -2.17. The third-order valence-corrected chi connectivity index (χ3v) is 3.77. The van der Waals surface area contributed by atoms with E-state index in [4.69, 9.17) is 5.73 Å². The van der Waals surface area contributed by atoms with E-state index in [0.29, 0.717) is 12.5 Å². The molecule has 4 nitrogen and oxygen atoms in total. The van der Waals surface area contributed by atoms with Crippen LogP contribution < -0.4 is 10.5 Å². The van der Waals surface area contributed by atoms with Crippen molar-refractivity contribution in [2.24, 2.45) is 11.7 Å². The van der Waals surface area contributed by atoms with Crippen molar-refractivity contribution in [1.82, 2.24) is 4.72 Å². The van der Waals surface area contributed by atoms with E-state index in [-0.39, 0.29) is 6.04 Å². The van der Waals surface area contributed by atoms with E-state index in [9.17, 15) is 8.42 Å². The smallest absolute Gasteiger partial charge is 0.234 e. The molecule has 0 saturated heterocycles. The Bertz CT molecular complexity index is 495. The molecule has 0 heterocycles. The van der Waals surface area contributed by atoms with Gasteiger partial charge in [-0.05, 0) is 24.0 Å². The molecule has 3 N–H and O–H groups in total. The van der Waals surface area contributed by atoms with Gasteiger partial charge in [0, 0.05) is 18.0 Å². The first kappa shape index (κ1) is 15.9. The first-order valence-corrected chi connectivity index (χ1v) is 7.93. The summed E-state index contributed by atoms with van der Waals surface area (Å²) in [5, 5.41) is 1.19. The van der Waals surface area contributed by atoms with Gasteiger partial charge in [-0.15, -0.1) is 0 Å². The number of nitrogens with one attached hydrogen (secondary N) is 1. The molecule has 1 aromatic rings. The van der Waals surface area contributed by atoms with Gasteiger partial charge < -0.3 is 5.73 Å². The van der Waals surface area contributed by atoms with Gasteiger partial charge in [-0.2, -0.15) is 0 Å². The fourth-order valence-corrected chi connectivity index (χ4v) is 2.84. The van der Waals surface area contributed by atoms with Gasteiger partial charge in [0.15, 0.2) is 0 Å². The monoisotopic (exact) mass is 282 g/mol. The van der Waals surface area contributed by atoms with Crippen molar-refractivity contribution in [1.29, 1.82) is 0 Å². The van der Waals surface area contributed by atoms with Gasteiger partial charge in [0.25, 0.3) is 0 Å². The lowest BCUT2D eigenvalue weighted by Crippen LogP contribution is -2.40. The Morgan fingerprint density at radius 1 is 1.26 bits per heavy atom. The van der Waals surface area contributed by atoms with Gasteiger partial charge >= 0.3 is 0 Å². The second-order valence-corrected chi connectivity index (χ2v) is 6.54. The highest BCUT2D eigenvalue weighted by Crippen LogP contribution is 2.07. The summed E-state index contributed by atoms with van der Waals surface area (Å²) < 4.78 is 26.4. The zero-order valence-corrected chi connectivity index (χ0v) is 12.2. The highest BCUT2D eigenvalue weighted by atomic mass is 32.2. The number of nitrogens with two attached hydrogens (primary N) is 1. The number of sulfonamides is 1. The highest BCUT2D eigenvalue weighted by Gasteiger charge is 2.15. The normalized spacial score (nSPS) is 14.1. The van der Waals surface area contributed by atoms with Crippen LogP contribution in [0, 0.1) is 5.92 Å². The molecule has 106 valence electrons. The molecule has 0 fully saturated rings. The van der Waals surface area contributed by atoms with Gasteiger partial charge in [0.2, 0.25) is 10.0 Å². The molecule has 1 unspecified atom stereocenters. The molecular weight excluding hydrogens is 260 g/mol. The minimum atomic E-state index is -3.45. The molecule has 19 heavy (non-hydrogen) atoms. The summed E-state index contributed by atoms with van der Waals surface area (Å²) in [5.41, 5.74) is 6.43. The first-order valence-electron chi connectivity index (χ1n) is 6.38. The molecule has 1 rings (SSSR count). The summed E-state index contributed by atoms with van der Waals surface area (Å²) in [6.07, 6.45) is 2.31. The molecular formula is C14H22N2O2S. The van der Waals surface area contributed by atoms with E-state index in [1.165, 1.54) is 5.41 Å². The predicted molar refractivity (Wildman–Crippen MR) is 79.8 cm³/mol. The van der Waals surface area contributed by atoms with Crippen molar-refractivity contribution in [3.63, 3.8) is 0 Å². The van der Waals surface area contributed by atoms with Crippen LogP contribution in [0.3, 0.4) is 0 Å². The van der Waals surface area contributed by atoms with Gasteiger partial charge in [0.1, 0.15) is 0 Å². The highest BCUT2D eigenvalue weighted by molar-refractivity contribution is 7.92. The molecule has 0 bridgehead atoms. The van der Waals surface area contributed by atoms with Crippen molar-refractivity contribution in [3.8, 4) is 0 Å². The summed E-state index contributed by atoms with van der Waals surface area (Å²) in [6, 6.07) is 9.09. The van der Waals surface area contributed by atoms with Gasteiger partial charge in [0.05, 0.1) is 0 Å². The van der Waals surface area contributed by atoms with Crippen LogP contribution in [-0.2, 0) is 10.0 Å². The largest absolute Gasteiger partial charge is 0.329 e. The Labute approximate surface area is 115 Å². The molecule has 0 aliphatic carbocycles. The van der Waals surface area contributed by atoms with E-state index >= 15 is 0 Å². The molecule has 0 amide bonds. The maximum atomic E-state index is 11.9. The minimum absolute atomic E-state index is 0.217. The van der Waals surface area contributed by atoms with Crippen LogP contribution in [0.25, 0.3) is 6.08 Å². The number of hydrogen-bond donors (Lipinski definition) is 2. The zero-order valence-electron chi connectivity index (χ0n) is 11.4. The first-order chi connectivity index (χ1) is 8.93. The quantitative estimate of drug-likeness (QED) is 0.803. The Balaban J connectivity index is 2.68. The Kier molecular flexibility index (Phi) is 6.21. The molecule has 0 radical (unpaired) electrons. The molecule has 0 saturated carbocycles. The van der Waals surface area contributed by atoms with Crippen LogP contribution >= 0.6 is 0 Å². The summed E-state index contributed by atoms with van der Waals surface area (Å²) >= 11 is 0. The van der Waals surface area contributed by atoms with Crippen LogP contribution in [0.2, 0.25) is 0 Å². The summed E-state index contributed by atoms with van der Waals surface area (Å²) in [5.74, 6) is 0.398. The number of benzene rings is 1. The van der Waals surface area contributed by atoms with Crippen LogP contribution in [-0.4, -0.2) is 21.0 Å². The maximum Gasteiger partial charge on any atom is 0.234 e. The van der Waals surface area contributed by atoms with Crippen molar-refractivity contribution >= 4 is 16.1 Å². The standard InChI is InChI=1S/C14H22N2O2S/c1-12(2)10-14(11-15)16-19(17,18)9-8-13-6-4-3-5-7-13/h3-9,12,14,16H,10-11,15H2,1-2H3/b9-8+. The average Bonchev–Trinajstić information content (AvgIpc) is 2.36. The van der Waals surface area contributed by atoms with Crippen LogP contribution in [0.4, 0.5) is 0 Å². The summed E-state index contributed by atoms with van der Waals surface area (Å²) in [6.45, 7) is 4.38. The Hall–Kier alpha value is -1.17. The molecule has 5 heteroatoms. The second-order valence-electron chi connectivity index (χ2n) is 4.94. The maximum absolute atomic E-state index is 11.9. The van der Waals surface area contributed by atoms with Gasteiger partial charge in [-0.1, -0.05) is 44.2 Å². The van der Waals surface area contributed by atoms with Crippen LogP contribution in [0.1, 0.15) is 25.8 Å². The number of hydrogen-bond acceptors (Lipinski definition) is 3. The molecule has 0 aliphatic rings. The second kappa shape index (κ2) is 7.43. The van der Waals surface area contributed by atoms with E-state index in [0.717, 1.165) is 12.0 Å². The van der Waals surface area contributed by atoms with Crippen molar-refractivity contribution in [3.05, 3.63) is 41.3 Å². The molecule has 0 aromatic heterocycles. The summed E-state index contributed by atoms with van der Waals surface area (Å²) in [4.78, 5) is 0. The van der Waals surface area contributed by atoms with E-state index in [1.54, 1.807) is 6.08 Å². The van der Waals surface area contributed by atoms with Gasteiger partial charge in [-0.3, -0.25) is 0 Å². The molecule has 1 atom stereocenters. The lowest BCUT2D eigenvalue weighted by molar-refractivity contribution is 0.467. The minimum Gasteiger partial charge on any atom is -0.329 e. The fourth-order valence-electron chi connectivity index (χ4n) is 1.77. The molecule has 1 aromatic carbocycles. The van der Waals surface area contributed by atoms with Crippen molar-refractivity contribution in [2.75, 3.05) is 6.54 Å².